The summed E-state index contributed by atoms with van der Waals surface area (Å²) >= 11 is 0. The zero-order valence-corrected chi connectivity index (χ0v) is 11.9. The van der Waals surface area contributed by atoms with Crippen LogP contribution in [0.5, 0.6) is 0 Å². The van der Waals surface area contributed by atoms with Gasteiger partial charge >= 0.3 is 11.6 Å². The summed E-state index contributed by atoms with van der Waals surface area (Å²) in [4.78, 5) is 10.9. The Morgan fingerprint density at radius 2 is 1.82 bits per heavy atom. The number of carboxylic acid groups (broad SMARTS) is 1. The standard InChI is InChI=1S/C12H12F3NO5S/c13-12(14,15)22(19,20)10-3-1-8(2-4-10)7-21-9-5-16(6-9)11(17)18/h1-4,9H,5-7H2,(H,17,18). The molecule has 0 aromatic heterocycles. The number of sulfone groups is 1. The van der Waals surface area contributed by atoms with Crippen molar-refractivity contribution in [3.8, 4) is 0 Å². The summed E-state index contributed by atoms with van der Waals surface area (Å²) in [5, 5.41) is 8.63. The Bertz CT molecular complexity index is 650. The molecule has 1 N–H and O–H groups in total. The molecule has 1 saturated heterocycles. The lowest BCUT2D eigenvalue weighted by Crippen LogP contribution is -2.54. The van der Waals surface area contributed by atoms with E-state index in [-0.39, 0.29) is 25.8 Å². The molecule has 122 valence electrons. The average molecular weight is 339 g/mol. The van der Waals surface area contributed by atoms with Crippen LogP contribution in [0, 0.1) is 0 Å². The van der Waals surface area contributed by atoms with Gasteiger partial charge in [0.15, 0.2) is 0 Å². The van der Waals surface area contributed by atoms with Gasteiger partial charge in [-0.05, 0) is 17.7 Å². The van der Waals surface area contributed by atoms with Crippen LogP contribution in [0.4, 0.5) is 18.0 Å². The first-order valence-electron chi connectivity index (χ1n) is 6.11. The highest BCUT2D eigenvalue weighted by Gasteiger charge is 2.46. The van der Waals surface area contributed by atoms with Gasteiger partial charge in [0.05, 0.1) is 30.7 Å². The van der Waals surface area contributed by atoms with Crippen molar-refractivity contribution in [1.29, 1.82) is 0 Å². The minimum atomic E-state index is -5.35. The maximum Gasteiger partial charge on any atom is 0.501 e. The number of halogens is 3. The molecule has 2 rings (SSSR count). The Kier molecular flexibility index (Phi) is 4.34. The topological polar surface area (TPSA) is 83.9 Å². The number of ether oxygens (including phenoxy) is 1. The zero-order valence-electron chi connectivity index (χ0n) is 11.1. The van der Waals surface area contributed by atoms with E-state index < -0.39 is 26.3 Å². The molecule has 0 saturated carbocycles. The second-order valence-electron chi connectivity index (χ2n) is 4.71. The van der Waals surface area contributed by atoms with Gasteiger partial charge in [0.2, 0.25) is 0 Å². The summed E-state index contributed by atoms with van der Waals surface area (Å²) in [7, 11) is -5.35. The van der Waals surface area contributed by atoms with Gasteiger partial charge in [0.1, 0.15) is 0 Å². The van der Waals surface area contributed by atoms with E-state index in [0.717, 1.165) is 17.0 Å². The zero-order chi connectivity index (χ0) is 16.5. The van der Waals surface area contributed by atoms with Crippen LogP contribution in [0.25, 0.3) is 0 Å². The Morgan fingerprint density at radius 1 is 1.27 bits per heavy atom. The van der Waals surface area contributed by atoms with Crippen molar-refractivity contribution in [1.82, 2.24) is 4.90 Å². The van der Waals surface area contributed by atoms with E-state index in [1.165, 1.54) is 12.1 Å². The summed E-state index contributed by atoms with van der Waals surface area (Å²) in [5.74, 6) is 0. The molecule has 1 aliphatic heterocycles. The van der Waals surface area contributed by atoms with Gasteiger partial charge in [-0.1, -0.05) is 12.1 Å². The Balaban J connectivity index is 1.92. The van der Waals surface area contributed by atoms with Gasteiger partial charge in [-0.3, -0.25) is 0 Å². The molecule has 6 nitrogen and oxygen atoms in total. The third-order valence-electron chi connectivity index (χ3n) is 3.14. The summed E-state index contributed by atoms with van der Waals surface area (Å²) in [6.45, 7) is 0.524. The molecular formula is C12H12F3NO5S. The summed E-state index contributed by atoms with van der Waals surface area (Å²) in [5.41, 5.74) is -4.84. The van der Waals surface area contributed by atoms with Gasteiger partial charge in [-0.15, -0.1) is 0 Å². The van der Waals surface area contributed by atoms with Crippen LogP contribution < -0.4 is 0 Å². The van der Waals surface area contributed by atoms with Gasteiger partial charge in [-0.2, -0.15) is 13.2 Å². The summed E-state index contributed by atoms with van der Waals surface area (Å²) in [6.07, 6.45) is -1.31. The van der Waals surface area contributed by atoms with E-state index >= 15 is 0 Å². The van der Waals surface area contributed by atoms with E-state index in [1.807, 2.05) is 0 Å². The highest BCUT2D eigenvalue weighted by atomic mass is 32.2. The molecule has 1 aliphatic rings. The molecule has 0 bridgehead atoms. The number of benzene rings is 1. The van der Waals surface area contributed by atoms with Crippen molar-refractivity contribution in [3.63, 3.8) is 0 Å². The first kappa shape index (κ1) is 16.6. The molecule has 0 spiro atoms. The first-order valence-corrected chi connectivity index (χ1v) is 7.59. The fourth-order valence-corrected chi connectivity index (χ4v) is 2.57. The smallest absolute Gasteiger partial charge is 0.465 e. The quantitative estimate of drug-likeness (QED) is 0.905. The number of nitrogens with zero attached hydrogens (tertiary/aromatic N) is 1. The second-order valence-corrected chi connectivity index (χ2v) is 6.65. The summed E-state index contributed by atoms with van der Waals surface area (Å²) in [6, 6.07) is 4.19. The number of rotatable bonds is 4. The van der Waals surface area contributed by atoms with Crippen LogP contribution in [0.3, 0.4) is 0 Å². The minimum absolute atomic E-state index is 0.0600. The van der Waals surface area contributed by atoms with E-state index in [2.05, 4.69) is 0 Å². The molecule has 1 heterocycles. The van der Waals surface area contributed by atoms with Crippen LogP contribution in [0.15, 0.2) is 29.2 Å². The van der Waals surface area contributed by atoms with Crippen molar-refractivity contribution in [3.05, 3.63) is 29.8 Å². The lowest BCUT2D eigenvalue weighted by atomic mass is 10.2. The van der Waals surface area contributed by atoms with E-state index in [9.17, 15) is 26.4 Å². The molecule has 1 aromatic rings. The van der Waals surface area contributed by atoms with Crippen LogP contribution >= 0.6 is 0 Å². The Hall–Kier alpha value is -1.81. The largest absolute Gasteiger partial charge is 0.501 e. The van der Waals surface area contributed by atoms with Crippen LogP contribution in [0.1, 0.15) is 5.56 Å². The SMILES string of the molecule is O=C(O)N1CC(OCc2ccc(S(=O)(=O)C(F)(F)F)cc2)C1. The monoisotopic (exact) mass is 339 g/mol. The highest BCUT2D eigenvalue weighted by Crippen LogP contribution is 2.30. The minimum Gasteiger partial charge on any atom is -0.465 e. The molecule has 0 aliphatic carbocycles. The van der Waals surface area contributed by atoms with Crippen molar-refractivity contribution in [2.45, 2.75) is 23.1 Å². The third kappa shape index (κ3) is 3.33. The second kappa shape index (κ2) is 5.76. The molecule has 0 atom stereocenters. The number of carbonyl (C=O) groups is 1. The van der Waals surface area contributed by atoms with Crippen molar-refractivity contribution in [2.24, 2.45) is 0 Å². The van der Waals surface area contributed by atoms with Gasteiger partial charge in [0, 0.05) is 0 Å². The maximum absolute atomic E-state index is 12.4. The molecule has 1 fully saturated rings. The predicted molar refractivity (Wildman–Crippen MR) is 67.9 cm³/mol. The molecule has 0 unspecified atom stereocenters. The molecule has 1 aromatic carbocycles. The fourth-order valence-electron chi connectivity index (χ4n) is 1.81. The van der Waals surface area contributed by atoms with Gasteiger partial charge in [-0.25, -0.2) is 13.2 Å². The Morgan fingerprint density at radius 3 is 2.27 bits per heavy atom. The number of hydrogen-bond acceptors (Lipinski definition) is 4. The van der Waals surface area contributed by atoms with E-state index in [0.29, 0.717) is 5.56 Å². The predicted octanol–water partition coefficient (Wildman–Crippen LogP) is 1.86. The molecule has 22 heavy (non-hydrogen) atoms. The molecule has 1 amide bonds. The first-order chi connectivity index (χ1) is 10.1. The number of likely N-dealkylation sites (tertiary alicyclic amines) is 1. The number of amides is 1. The lowest BCUT2D eigenvalue weighted by molar-refractivity contribution is -0.0523. The molecular weight excluding hydrogens is 327 g/mol. The van der Waals surface area contributed by atoms with Crippen molar-refractivity contribution in [2.75, 3.05) is 13.1 Å². The van der Waals surface area contributed by atoms with Gasteiger partial charge in [0.25, 0.3) is 9.84 Å². The van der Waals surface area contributed by atoms with Gasteiger partial charge < -0.3 is 14.7 Å². The van der Waals surface area contributed by atoms with Crippen LogP contribution in [-0.4, -0.2) is 49.2 Å². The van der Waals surface area contributed by atoms with Crippen LogP contribution in [0.2, 0.25) is 0 Å². The fraction of sp³-hybridized carbons (Fsp3) is 0.417. The highest BCUT2D eigenvalue weighted by molar-refractivity contribution is 7.92. The normalized spacial score (nSPS) is 16.4. The number of alkyl halides is 3. The molecule has 0 radical (unpaired) electrons. The third-order valence-corrected chi connectivity index (χ3v) is 4.64. The van der Waals surface area contributed by atoms with E-state index in [4.69, 9.17) is 9.84 Å². The lowest BCUT2D eigenvalue weighted by Gasteiger charge is -2.36. The maximum atomic E-state index is 12.4. The Labute approximate surface area is 124 Å². The van der Waals surface area contributed by atoms with Crippen molar-refractivity contribution >= 4 is 15.9 Å². The van der Waals surface area contributed by atoms with Crippen LogP contribution in [-0.2, 0) is 21.2 Å². The van der Waals surface area contributed by atoms with Crippen molar-refractivity contribution < 1.29 is 36.2 Å². The summed E-state index contributed by atoms with van der Waals surface area (Å²) < 4.78 is 64.8. The van der Waals surface area contributed by atoms with E-state index in [1.54, 1.807) is 0 Å². The number of hydrogen-bond donors (Lipinski definition) is 1. The molecule has 10 heteroatoms. The average Bonchev–Trinajstić information content (AvgIpc) is 2.35.